The molecule has 0 aliphatic heterocycles. The lowest BCUT2D eigenvalue weighted by Crippen LogP contribution is -2.27. The van der Waals surface area contributed by atoms with Crippen LogP contribution in [0.3, 0.4) is 0 Å². The van der Waals surface area contributed by atoms with E-state index in [1.54, 1.807) is 6.33 Å². The standard InChI is InChI=1S/C14H18N4O3S/c1-10-11(2)18(9-16-10)8-7-17-22(20,21)13-5-3-12(4-6-13)14(15)19/h3-6,9,17H,7-8H2,1-2H3,(H2,15,19). The summed E-state index contributed by atoms with van der Waals surface area (Å²) in [7, 11) is -3.61. The van der Waals surface area contributed by atoms with Crippen LogP contribution in [0.4, 0.5) is 0 Å². The van der Waals surface area contributed by atoms with E-state index in [4.69, 9.17) is 5.73 Å². The summed E-state index contributed by atoms with van der Waals surface area (Å²) in [4.78, 5) is 15.2. The second-order valence-electron chi connectivity index (χ2n) is 4.90. The van der Waals surface area contributed by atoms with E-state index in [9.17, 15) is 13.2 Å². The minimum Gasteiger partial charge on any atom is -0.366 e. The molecule has 0 atom stereocenters. The number of amides is 1. The summed E-state index contributed by atoms with van der Waals surface area (Å²) in [5, 5.41) is 0. The first-order valence-electron chi connectivity index (χ1n) is 6.69. The van der Waals surface area contributed by atoms with Crippen molar-refractivity contribution in [2.75, 3.05) is 6.54 Å². The van der Waals surface area contributed by atoms with Crippen LogP contribution in [-0.4, -0.2) is 30.4 Å². The fourth-order valence-electron chi connectivity index (χ4n) is 1.95. The van der Waals surface area contributed by atoms with Crippen LogP contribution in [0.15, 0.2) is 35.5 Å². The number of rotatable bonds is 6. The lowest BCUT2D eigenvalue weighted by atomic mass is 10.2. The highest BCUT2D eigenvalue weighted by Gasteiger charge is 2.14. The zero-order valence-corrected chi connectivity index (χ0v) is 13.2. The maximum absolute atomic E-state index is 12.1. The molecule has 118 valence electrons. The van der Waals surface area contributed by atoms with Gasteiger partial charge in [0.05, 0.1) is 16.9 Å². The zero-order valence-electron chi connectivity index (χ0n) is 12.4. The van der Waals surface area contributed by atoms with Gasteiger partial charge in [0.25, 0.3) is 0 Å². The third-order valence-corrected chi connectivity index (χ3v) is 4.92. The maximum Gasteiger partial charge on any atom is 0.248 e. The lowest BCUT2D eigenvalue weighted by molar-refractivity contribution is 0.1000. The molecule has 2 rings (SSSR count). The average molecular weight is 322 g/mol. The SMILES string of the molecule is Cc1ncn(CCNS(=O)(=O)c2ccc(C(N)=O)cc2)c1C. The van der Waals surface area contributed by atoms with Crippen LogP contribution in [0.2, 0.25) is 0 Å². The summed E-state index contributed by atoms with van der Waals surface area (Å²) in [6.45, 7) is 4.57. The Morgan fingerprint density at radius 1 is 1.27 bits per heavy atom. The Hall–Kier alpha value is -2.19. The minimum absolute atomic E-state index is 0.0935. The van der Waals surface area contributed by atoms with Gasteiger partial charge in [0.1, 0.15) is 0 Å². The van der Waals surface area contributed by atoms with Crippen LogP contribution in [0, 0.1) is 13.8 Å². The van der Waals surface area contributed by atoms with Crippen LogP contribution in [0.5, 0.6) is 0 Å². The molecule has 0 saturated heterocycles. The van der Waals surface area contributed by atoms with Crippen LogP contribution in [0.1, 0.15) is 21.7 Å². The summed E-state index contributed by atoms with van der Waals surface area (Å²) in [5.41, 5.74) is 7.31. The summed E-state index contributed by atoms with van der Waals surface area (Å²) in [6, 6.07) is 5.49. The van der Waals surface area contributed by atoms with E-state index in [0.29, 0.717) is 6.54 Å². The van der Waals surface area contributed by atoms with E-state index in [1.807, 2.05) is 18.4 Å². The van der Waals surface area contributed by atoms with Gasteiger partial charge in [-0.25, -0.2) is 18.1 Å². The highest BCUT2D eigenvalue weighted by atomic mass is 32.2. The van der Waals surface area contributed by atoms with E-state index < -0.39 is 15.9 Å². The molecule has 0 aliphatic rings. The number of primary amides is 1. The number of hydrogen-bond donors (Lipinski definition) is 2. The number of aryl methyl sites for hydroxylation is 1. The molecule has 0 spiro atoms. The van der Waals surface area contributed by atoms with Gasteiger partial charge in [-0.2, -0.15) is 0 Å². The van der Waals surface area contributed by atoms with Gasteiger partial charge in [-0.05, 0) is 38.1 Å². The number of carbonyl (C=O) groups is 1. The number of nitrogens with two attached hydrogens (primary N) is 1. The maximum atomic E-state index is 12.1. The number of benzene rings is 1. The Labute approximate surface area is 129 Å². The van der Waals surface area contributed by atoms with Gasteiger partial charge in [0.15, 0.2) is 0 Å². The van der Waals surface area contributed by atoms with Crippen molar-refractivity contribution in [3.8, 4) is 0 Å². The second kappa shape index (κ2) is 6.29. The minimum atomic E-state index is -3.61. The Balaban J connectivity index is 2.02. The molecule has 0 fully saturated rings. The number of nitrogens with zero attached hydrogens (tertiary/aromatic N) is 2. The quantitative estimate of drug-likeness (QED) is 0.811. The Kier molecular flexibility index (Phi) is 4.62. The van der Waals surface area contributed by atoms with E-state index >= 15 is 0 Å². The molecule has 0 radical (unpaired) electrons. The van der Waals surface area contributed by atoms with Crippen molar-refractivity contribution in [2.24, 2.45) is 5.73 Å². The predicted molar refractivity (Wildman–Crippen MR) is 81.8 cm³/mol. The molecular weight excluding hydrogens is 304 g/mol. The van der Waals surface area contributed by atoms with Crippen molar-refractivity contribution in [3.63, 3.8) is 0 Å². The molecule has 0 aliphatic carbocycles. The van der Waals surface area contributed by atoms with Crippen LogP contribution >= 0.6 is 0 Å². The number of carbonyl (C=O) groups excluding carboxylic acids is 1. The number of sulfonamides is 1. The van der Waals surface area contributed by atoms with E-state index in [0.717, 1.165) is 11.4 Å². The molecule has 0 bridgehead atoms. The number of hydrogen-bond acceptors (Lipinski definition) is 4. The molecule has 1 aromatic heterocycles. The van der Waals surface area contributed by atoms with Crippen molar-refractivity contribution in [1.82, 2.24) is 14.3 Å². The van der Waals surface area contributed by atoms with Crippen LogP contribution < -0.4 is 10.5 Å². The van der Waals surface area contributed by atoms with Crippen LogP contribution in [0.25, 0.3) is 0 Å². The van der Waals surface area contributed by atoms with Gasteiger partial charge in [0.2, 0.25) is 15.9 Å². The number of imidazole rings is 1. The monoisotopic (exact) mass is 322 g/mol. The first kappa shape index (κ1) is 16.2. The Bertz CT molecular complexity index is 779. The molecule has 1 amide bonds. The van der Waals surface area contributed by atoms with E-state index in [2.05, 4.69) is 9.71 Å². The summed E-state index contributed by atoms with van der Waals surface area (Å²) < 4.78 is 28.7. The van der Waals surface area contributed by atoms with Gasteiger partial charge in [0, 0.05) is 24.3 Å². The molecule has 0 unspecified atom stereocenters. The van der Waals surface area contributed by atoms with E-state index in [-0.39, 0.29) is 17.0 Å². The van der Waals surface area contributed by atoms with Crippen molar-refractivity contribution in [2.45, 2.75) is 25.3 Å². The topological polar surface area (TPSA) is 107 Å². The summed E-state index contributed by atoms with van der Waals surface area (Å²) >= 11 is 0. The first-order chi connectivity index (χ1) is 10.3. The third kappa shape index (κ3) is 3.52. The van der Waals surface area contributed by atoms with Crippen molar-refractivity contribution in [1.29, 1.82) is 0 Å². The number of aromatic nitrogens is 2. The fourth-order valence-corrected chi connectivity index (χ4v) is 2.97. The molecule has 7 nitrogen and oxygen atoms in total. The Morgan fingerprint density at radius 3 is 2.41 bits per heavy atom. The largest absolute Gasteiger partial charge is 0.366 e. The molecule has 22 heavy (non-hydrogen) atoms. The number of nitrogens with one attached hydrogen (secondary N) is 1. The van der Waals surface area contributed by atoms with Crippen molar-refractivity contribution >= 4 is 15.9 Å². The average Bonchev–Trinajstić information content (AvgIpc) is 2.79. The fraction of sp³-hybridized carbons (Fsp3) is 0.286. The summed E-state index contributed by atoms with van der Waals surface area (Å²) in [6.07, 6.45) is 1.68. The Morgan fingerprint density at radius 2 is 1.91 bits per heavy atom. The smallest absolute Gasteiger partial charge is 0.248 e. The highest BCUT2D eigenvalue weighted by Crippen LogP contribution is 2.10. The van der Waals surface area contributed by atoms with E-state index in [1.165, 1.54) is 24.3 Å². The lowest BCUT2D eigenvalue weighted by Gasteiger charge is -2.09. The molecule has 1 heterocycles. The third-order valence-electron chi connectivity index (χ3n) is 3.44. The molecule has 2 aromatic rings. The molecule has 1 aromatic carbocycles. The van der Waals surface area contributed by atoms with Gasteiger partial charge in [-0.3, -0.25) is 4.79 Å². The molecule has 0 saturated carbocycles. The molecular formula is C14H18N4O3S. The molecule has 3 N–H and O–H groups in total. The van der Waals surface area contributed by atoms with Gasteiger partial charge >= 0.3 is 0 Å². The van der Waals surface area contributed by atoms with Gasteiger partial charge in [-0.1, -0.05) is 0 Å². The molecule has 8 heteroatoms. The van der Waals surface area contributed by atoms with Gasteiger partial charge < -0.3 is 10.3 Å². The van der Waals surface area contributed by atoms with Crippen molar-refractivity contribution in [3.05, 3.63) is 47.5 Å². The normalized spacial score (nSPS) is 11.5. The van der Waals surface area contributed by atoms with Gasteiger partial charge in [-0.15, -0.1) is 0 Å². The second-order valence-corrected chi connectivity index (χ2v) is 6.66. The summed E-state index contributed by atoms with van der Waals surface area (Å²) in [5.74, 6) is -0.595. The predicted octanol–water partition coefficient (Wildman–Crippen LogP) is 0.577. The highest BCUT2D eigenvalue weighted by molar-refractivity contribution is 7.89. The first-order valence-corrected chi connectivity index (χ1v) is 8.17. The zero-order chi connectivity index (χ0) is 16.3. The van der Waals surface area contributed by atoms with Crippen molar-refractivity contribution < 1.29 is 13.2 Å². The van der Waals surface area contributed by atoms with Crippen LogP contribution in [-0.2, 0) is 16.6 Å².